The number of rotatable bonds is 3. The summed E-state index contributed by atoms with van der Waals surface area (Å²) in [6.07, 6.45) is 5.35. The molecule has 0 bridgehead atoms. The summed E-state index contributed by atoms with van der Waals surface area (Å²) in [5.41, 5.74) is -0.151. The maximum absolute atomic E-state index is 11.9. The second-order valence-electron chi connectivity index (χ2n) is 9.45. The number of carbonyl (C=O) groups is 1. The molecule has 0 aromatic heterocycles. The van der Waals surface area contributed by atoms with E-state index >= 15 is 0 Å². The SMILES string of the molecule is CC(C)(C)OC(=O)NC1CCC(NC2CCN(C(C)(C)C)CC2)C1. The Morgan fingerprint density at radius 3 is 2.04 bits per heavy atom. The average molecular weight is 340 g/mol. The molecule has 1 amide bonds. The lowest BCUT2D eigenvalue weighted by atomic mass is 9.97. The quantitative estimate of drug-likeness (QED) is 0.828. The maximum Gasteiger partial charge on any atom is 0.407 e. The van der Waals surface area contributed by atoms with Crippen molar-refractivity contribution < 1.29 is 9.53 Å². The fourth-order valence-corrected chi connectivity index (χ4v) is 3.79. The molecule has 2 N–H and O–H groups in total. The van der Waals surface area contributed by atoms with Crippen LogP contribution in [0.1, 0.15) is 73.6 Å². The Labute approximate surface area is 147 Å². The van der Waals surface area contributed by atoms with E-state index in [1.165, 1.54) is 25.9 Å². The summed E-state index contributed by atoms with van der Waals surface area (Å²) in [5.74, 6) is 0. The van der Waals surface area contributed by atoms with Crippen LogP contribution < -0.4 is 10.6 Å². The Morgan fingerprint density at radius 2 is 1.50 bits per heavy atom. The first-order valence-electron chi connectivity index (χ1n) is 9.53. The number of ether oxygens (including phenoxy) is 1. The van der Waals surface area contributed by atoms with E-state index < -0.39 is 5.60 Å². The number of nitrogens with zero attached hydrogens (tertiary/aromatic N) is 1. The molecule has 2 unspecified atom stereocenters. The van der Waals surface area contributed by atoms with Crippen LogP contribution in [0.15, 0.2) is 0 Å². The monoisotopic (exact) mass is 339 g/mol. The number of likely N-dealkylation sites (tertiary alicyclic amines) is 1. The van der Waals surface area contributed by atoms with Crippen LogP contribution in [0.4, 0.5) is 4.79 Å². The standard InChI is InChI=1S/C19H37N3O2/c1-18(2,3)22-11-9-14(10-12-22)20-15-7-8-16(13-15)21-17(23)24-19(4,5)6/h14-16,20H,7-13H2,1-6H3,(H,21,23). The number of hydrogen-bond donors (Lipinski definition) is 2. The summed E-state index contributed by atoms with van der Waals surface area (Å²) >= 11 is 0. The van der Waals surface area contributed by atoms with Crippen LogP contribution in [0, 0.1) is 0 Å². The molecule has 1 saturated heterocycles. The van der Waals surface area contributed by atoms with Gasteiger partial charge in [0, 0.05) is 36.8 Å². The summed E-state index contributed by atoms with van der Waals surface area (Å²) < 4.78 is 5.35. The molecule has 0 spiro atoms. The zero-order chi connectivity index (χ0) is 18.0. The minimum Gasteiger partial charge on any atom is -0.444 e. The van der Waals surface area contributed by atoms with Crippen LogP contribution in [0.25, 0.3) is 0 Å². The van der Waals surface area contributed by atoms with Gasteiger partial charge in [-0.2, -0.15) is 0 Å². The third-order valence-corrected chi connectivity index (χ3v) is 5.07. The first-order valence-corrected chi connectivity index (χ1v) is 9.53. The smallest absolute Gasteiger partial charge is 0.407 e. The summed E-state index contributed by atoms with van der Waals surface area (Å²) in [6.45, 7) is 14.9. The molecule has 24 heavy (non-hydrogen) atoms. The third kappa shape index (κ3) is 6.25. The van der Waals surface area contributed by atoms with Crippen molar-refractivity contribution in [3.63, 3.8) is 0 Å². The second-order valence-corrected chi connectivity index (χ2v) is 9.45. The summed E-state index contributed by atoms with van der Waals surface area (Å²) in [5, 5.41) is 6.84. The number of piperidine rings is 1. The van der Waals surface area contributed by atoms with Gasteiger partial charge in [-0.05, 0) is 73.6 Å². The fourth-order valence-electron chi connectivity index (χ4n) is 3.79. The van der Waals surface area contributed by atoms with Gasteiger partial charge in [0.25, 0.3) is 0 Å². The van der Waals surface area contributed by atoms with Crippen molar-refractivity contribution in [2.75, 3.05) is 13.1 Å². The highest BCUT2D eigenvalue weighted by Crippen LogP contribution is 2.24. The molecule has 5 nitrogen and oxygen atoms in total. The van der Waals surface area contributed by atoms with E-state index in [0.717, 1.165) is 19.3 Å². The molecule has 1 aliphatic carbocycles. The first-order chi connectivity index (χ1) is 11.0. The molecule has 5 heteroatoms. The lowest BCUT2D eigenvalue weighted by molar-refractivity contribution is 0.0505. The number of nitrogens with one attached hydrogen (secondary N) is 2. The molecule has 2 atom stereocenters. The Morgan fingerprint density at radius 1 is 0.917 bits per heavy atom. The summed E-state index contributed by atoms with van der Waals surface area (Å²) in [7, 11) is 0. The lowest BCUT2D eigenvalue weighted by Crippen LogP contribution is -2.51. The van der Waals surface area contributed by atoms with E-state index in [0.29, 0.717) is 12.1 Å². The Balaban J connectivity index is 1.68. The van der Waals surface area contributed by atoms with Crippen molar-refractivity contribution in [1.82, 2.24) is 15.5 Å². The van der Waals surface area contributed by atoms with Gasteiger partial charge in [0.15, 0.2) is 0 Å². The summed E-state index contributed by atoms with van der Waals surface area (Å²) in [6, 6.07) is 1.39. The second kappa shape index (κ2) is 7.61. The van der Waals surface area contributed by atoms with Crippen molar-refractivity contribution in [3.8, 4) is 0 Å². The average Bonchev–Trinajstić information content (AvgIpc) is 2.83. The van der Waals surface area contributed by atoms with Crippen LogP contribution in [-0.2, 0) is 4.74 Å². The van der Waals surface area contributed by atoms with E-state index in [2.05, 4.69) is 36.3 Å². The minimum absolute atomic E-state index is 0.243. The maximum atomic E-state index is 11.9. The van der Waals surface area contributed by atoms with Crippen LogP contribution in [-0.4, -0.2) is 53.3 Å². The van der Waals surface area contributed by atoms with E-state index in [-0.39, 0.29) is 17.7 Å². The third-order valence-electron chi connectivity index (χ3n) is 5.07. The highest BCUT2D eigenvalue weighted by atomic mass is 16.6. The van der Waals surface area contributed by atoms with Crippen molar-refractivity contribution in [1.29, 1.82) is 0 Å². The highest BCUT2D eigenvalue weighted by Gasteiger charge is 2.31. The number of hydrogen-bond acceptors (Lipinski definition) is 4. The Hall–Kier alpha value is -0.810. The topological polar surface area (TPSA) is 53.6 Å². The van der Waals surface area contributed by atoms with E-state index in [4.69, 9.17) is 4.74 Å². The van der Waals surface area contributed by atoms with Crippen molar-refractivity contribution >= 4 is 6.09 Å². The zero-order valence-electron chi connectivity index (χ0n) is 16.4. The van der Waals surface area contributed by atoms with Crippen molar-refractivity contribution in [2.24, 2.45) is 0 Å². The molecular formula is C19H37N3O2. The van der Waals surface area contributed by atoms with Crippen LogP contribution in [0.5, 0.6) is 0 Å². The molecule has 1 aliphatic heterocycles. The molecule has 140 valence electrons. The van der Waals surface area contributed by atoms with Gasteiger partial charge in [-0.1, -0.05) is 0 Å². The molecule has 2 fully saturated rings. The van der Waals surface area contributed by atoms with Gasteiger partial charge in [0.2, 0.25) is 0 Å². The lowest BCUT2D eigenvalue weighted by Gasteiger charge is -2.41. The zero-order valence-corrected chi connectivity index (χ0v) is 16.4. The predicted octanol–water partition coefficient (Wildman–Crippen LogP) is 3.28. The first kappa shape index (κ1) is 19.5. The molecule has 0 aromatic carbocycles. The van der Waals surface area contributed by atoms with Gasteiger partial charge in [-0.15, -0.1) is 0 Å². The van der Waals surface area contributed by atoms with Gasteiger partial charge < -0.3 is 15.4 Å². The molecular weight excluding hydrogens is 302 g/mol. The van der Waals surface area contributed by atoms with Crippen LogP contribution in [0.2, 0.25) is 0 Å². The number of amides is 1. The van der Waals surface area contributed by atoms with E-state index in [1.807, 2.05) is 20.8 Å². The van der Waals surface area contributed by atoms with Crippen molar-refractivity contribution in [2.45, 2.75) is 103 Å². The van der Waals surface area contributed by atoms with Gasteiger partial charge >= 0.3 is 6.09 Å². The Bertz CT molecular complexity index is 417. The Kier molecular flexibility index (Phi) is 6.19. The van der Waals surface area contributed by atoms with Gasteiger partial charge in [-0.25, -0.2) is 4.79 Å². The van der Waals surface area contributed by atoms with E-state index in [1.54, 1.807) is 0 Å². The molecule has 1 saturated carbocycles. The largest absolute Gasteiger partial charge is 0.444 e. The minimum atomic E-state index is -0.429. The molecule has 0 radical (unpaired) electrons. The molecule has 2 aliphatic rings. The van der Waals surface area contributed by atoms with Crippen molar-refractivity contribution in [3.05, 3.63) is 0 Å². The summed E-state index contributed by atoms with van der Waals surface area (Å²) in [4.78, 5) is 14.5. The highest BCUT2D eigenvalue weighted by molar-refractivity contribution is 5.68. The van der Waals surface area contributed by atoms with Gasteiger partial charge in [0.1, 0.15) is 5.60 Å². The van der Waals surface area contributed by atoms with E-state index in [9.17, 15) is 4.79 Å². The fraction of sp³-hybridized carbons (Fsp3) is 0.947. The van der Waals surface area contributed by atoms with Crippen LogP contribution >= 0.6 is 0 Å². The predicted molar refractivity (Wildman–Crippen MR) is 98.3 cm³/mol. The molecule has 0 aromatic rings. The normalized spacial score (nSPS) is 27.2. The number of alkyl carbamates (subject to hydrolysis) is 1. The van der Waals surface area contributed by atoms with Gasteiger partial charge in [-0.3, -0.25) is 4.90 Å². The molecule has 2 rings (SSSR count). The van der Waals surface area contributed by atoms with Gasteiger partial charge in [0.05, 0.1) is 0 Å². The number of carbonyl (C=O) groups excluding carboxylic acids is 1. The molecule has 1 heterocycles. The van der Waals surface area contributed by atoms with Crippen LogP contribution in [0.3, 0.4) is 0 Å².